The van der Waals surface area contributed by atoms with Crippen molar-refractivity contribution in [2.24, 2.45) is 4.99 Å². The highest BCUT2D eigenvalue weighted by Crippen LogP contribution is 2.25. The molecule has 2 heterocycles. The van der Waals surface area contributed by atoms with E-state index in [1.54, 1.807) is 18.4 Å². The molecule has 0 atom stereocenters. The van der Waals surface area contributed by atoms with E-state index in [1.807, 2.05) is 11.3 Å². The molecule has 2 aromatic rings. The van der Waals surface area contributed by atoms with Gasteiger partial charge in [0, 0.05) is 27.6 Å². The van der Waals surface area contributed by atoms with E-state index >= 15 is 0 Å². The molecule has 2 rings (SSSR count). The molecule has 6 heteroatoms. The van der Waals surface area contributed by atoms with E-state index in [0.717, 1.165) is 24.6 Å². The van der Waals surface area contributed by atoms with Crippen molar-refractivity contribution < 1.29 is 0 Å². The lowest BCUT2D eigenvalue weighted by Crippen LogP contribution is -2.36. The van der Waals surface area contributed by atoms with Crippen LogP contribution in [0, 0.1) is 0 Å². The number of aryl methyl sites for hydroxylation is 1. The molecule has 0 radical (unpaired) electrons. The van der Waals surface area contributed by atoms with Crippen LogP contribution in [0.25, 0.3) is 0 Å². The highest BCUT2D eigenvalue weighted by atomic mass is 32.1. The Labute approximate surface area is 147 Å². The Bertz CT molecular complexity index is 650. The van der Waals surface area contributed by atoms with Crippen molar-refractivity contribution in [3.05, 3.63) is 38.0 Å². The Morgan fingerprint density at radius 1 is 1.17 bits per heavy atom. The standard InChI is InChI=1S/C17H26N4S2/c1-6-13-7-8-14(23-13)10-20-16(18-5)19-9-12-11-22-15(21-12)17(2,3)4/h7-8,11H,6,9-10H2,1-5H3,(H2,18,19,20). The van der Waals surface area contributed by atoms with Crippen LogP contribution in [-0.2, 0) is 24.9 Å². The fourth-order valence-corrected chi connectivity index (χ4v) is 3.81. The van der Waals surface area contributed by atoms with Gasteiger partial charge in [0.05, 0.1) is 23.8 Å². The van der Waals surface area contributed by atoms with E-state index < -0.39 is 0 Å². The minimum Gasteiger partial charge on any atom is -0.352 e. The third kappa shape index (κ3) is 5.32. The maximum atomic E-state index is 4.70. The van der Waals surface area contributed by atoms with Gasteiger partial charge in [-0.05, 0) is 18.6 Å². The van der Waals surface area contributed by atoms with Crippen molar-refractivity contribution in [2.75, 3.05) is 7.05 Å². The first-order chi connectivity index (χ1) is 10.9. The molecule has 0 aliphatic carbocycles. The van der Waals surface area contributed by atoms with Gasteiger partial charge in [0.15, 0.2) is 5.96 Å². The number of rotatable bonds is 5. The van der Waals surface area contributed by atoms with Crippen molar-refractivity contribution in [1.82, 2.24) is 15.6 Å². The first-order valence-electron chi connectivity index (χ1n) is 7.89. The zero-order chi connectivity index (χ0) is 16.9. The number of thiazole rings is 1. The lowest BCUT2D eigenvalue weighted by atomic mass is 9.98. The molecule has 126 valence electrons. The summed E-state index contributed by atoms with van der Waals surface area (Å²) in [5.41, 5.74) is 1.17. The molecule has 4 nitrogen and oxygen atoms in total. The van der Waals surface area contributed by atoms with Gasteiger partial charge in [-0.2, -0.15) is 0 Å². The summed E-state index contributed by atoms with van der Waals surface area (Å²) >= 11 is 3.57. The number of aromatic nitrogens is 1. The van der Waals surface area contributed by atoms with Gasteiger partial charge in [0.25, 0.3) is 0 Å². The number of aliphatic imine (C=N–C) groups is 1. The smallest absolute Gasteiger partial charge is 0.191 e. The first kappa shape index (κ1) is 17.9. The van der Waals surface area contributed by atoms with Gasteiger partial charge in [0.2, 0.25) is 0 Å². The second-order valence-electron chi connectivity index (χ2n) is 6.39. The second-order valence-corrected chi connectivity index (χ2v) is 8.51. The third-order valence-corrected chi connectivity index (χ3v) is 5.90. The Kier molecular flexibility index (Phi) is 6.18. The Morgan fingerprint density at radius 2 is 1.87 bits per heavy atom. The summed E-state index contributed by atoms with van der Waals surface area (Å²) in [4.78, 5) is 11.7. The summed E-state index contributed by atoms with van der Waals surface area (Å²) in [6, 6.07) is 4.38. The lowest BCUT2D eigenvalue weighted by molar-refractivity contribution is 0.582. The van der Waals surface area contributed by atoms with Crippen LogP contribution in [0.2, 0.25) is 0 Å². The van der Waals surface area contributed by atoms with Gasteiger partial charge in [0.1, 0.15) is 0 Å². The van der Waals surface area contributed by atoms with Crippen LogP contribution in [0.3, 0.4) is 0 Å². The fraction of sp³-hybridized carbons (Fsp3) is 0.529. The summed E-state index contributed by atoms with van der Waals surface area (Å²) in [6.07, 6.45) is 1.09. The van der Waals surface area contributed by atoms with Crippen molar-refractivity contribution >= 4 is 28.6 Å². The number of nitrogens with zero attached hydrogens (tertiary/aromatic N) is 2. The van der Waals surface area contributed by atoms with E-state index in [0.29, 0.717) is 6.54 Å². The molecule has 0 spiro atoms. The van der Waals surface area contributed by atoms with Gasteiger partial charge < -0.3 is 10.6 Å². The van der Waals surface area contributed by atoms with Gasteiger partial charge in [-0.1, -0.05) is 27.7 Å². The van der Waals surface area contributed by atoms with E-state index in [2.05, 4.69) is 60.8 Å². The molecular weight excluding hydrogens is 324 g/mol. The molecule has 0 bridgehead atoms. The summed E-state index contributed by atoms with van der Waals surface area (Å²) < 4.78 is 0. The topological polar surface area (TPSA) is 49.3 Å². The van der Waals surface area contributed by atoms with Crippen molar-refractivity contribution in [3.63, 3.8) is 0 Å². The summed E-state index contributed by atoms with van der Waals surface area (Å²) in [6.45, 7) is 10.2. The van der Waals surface area contributed by atoms with E-state index in [4.69, 9.17) is 4.98 Å². The molecule has 0 fully saturated rings. The van der Waals surface area contributed by atoms with Crippen molar-refractivity contribution in [2.45, 2.75) is 52.6 Å². The maximum Gasteiger partial charge on any atom is 0.191 e. The van der Waals surface area contributed by atoms with Crippen LogP contribution in [0.4, 0.5) is 0 Å². The monoisotopic (exact) mass is 350 g/mol. The molecule has 2 aromatic heterocycles. The van der Waals surface area contributed by atoms with Crippen molar-refractivity contribution in [3.8, 4) is 0 Å². The van der Waals surface area contributed by atoms with Gasteiger partial charge in [-0.3, -0.25) is 4.99 Å². The van der Waals surface area contributed by atoms with Crippen LogP contribution in [0.15, 0.2) is 22.5 Å². The van der Waals surface area contributed by atoms with Crippen LogP contribution in [-0.4, -0.2) is 18.0 Å². The second kappa shape index (κ2) is 7.93. The van der Waals surface area contributed by atoms with Crippen LogP contribution in [0.5, 0.6) is 0 Å². The molecule has 0 aliphatic rings. The summed E-state index contributed by atoms with van der Waals surface area (Å²) in [7, 11) is 1.79. The number of hydrogen-bond acceptors (Lipinski definition) is 4. The molecule has 0 saturated carbocycles. The van der Waals surface area contributed by atoms with Crippen LogP contribution in [0.1, 0.15) is 48.2 Å². The molecule has 0 unspecified atom stereocenters. The van der Waals surface area contributed by atoms with Gasteiger partial charge >= 0.3 is 0 Å². The minimum absolute atomic E-state index is 0.110. The quantitative estimate of drug-likeness (QED) is 0.634. The minimum atomic E-state index is 0.110. The number of nitrogens with one attached hydrogen (secondary N) is 2. The van der Waals surface area contributed by atoms with Gasteiger partial charge in [-0.15, -0.1) is 22.7 Å². The first-order valence-corrected chi connectivity index (χ1v) is 9.59. The predicted octanol–water partition coefficient (Wildman–Crippen LogP) is 3.93. The number of hydrogen-bond donors (Lipinski definition) is 2. The van der Waals surface area contributed by atoms with E-state index in [-0.39, 0.29) is 5.41 Å². The number of thiophene rings is 1. The Hall–Kier alpha value is -1.40. The average molecular weight is 351 g/mol. The van der Waals surface area contributed by atoms with Gasteiger partial charge in [-0.25, -0.2) is 4.98 Å². The molecule has 2 N–H and O–H groups in total. The Balaban J connectivity index is 1.84. The molecule has 0 aromatic carbocycles. The number of guanidine groups is 1. The summed E-state index contributed by atoms with van der Waals surface area (Å²) in [5, 5.41) is 9.97. The molecule has 0 aliphatic heterocycles. The van der Waals surface area contributed by atoms with Crippen LogP contribution < -0.4 is 10.6 Å². The maximum absolute atomic E-state index is 4.70. The predicted molar refractivity (Wildman–Crippen MR) is 102 cm³/mol. The third-order valence-electron chi connectivity index (χ3n) is 3.35. The van der Waals surface area contributed by atoms with Crippen LogP contribution >= 0.6 is 22.7 Å². The molecule has 23 heavy (non-hydrogen) atoms. The van der Waals surface area contributed by atoms with E-state index in [1.165, 1.54) is 14.8 Å². The molecule has 0 saturated heterocycles. The highest BCUT2D eigenvalue weighted by Gasteiger charge is 2.17. The zero-order valence-electron chi connectivity index (χ0n) is 14.6. The molecule has 0 amide bonds. The lowest BCUT2D eigenvalue weighted by Gasteiger charge is -2.13. The summed E-state index contributed by atoms with van der Waals surface area (Å²) in [5.74, 6) is 0.807. The normalized spacial score (nSPS) is 12.5. The fourth-order valence-electron chi connectivity index (χ4n) is 2.01. The zero-order valence-corrected chi connectivity index (χ0v) is 16.2. The Morgan fingerprint density at radius 3 is 2.43 bits per heavy atom. The molecular formula is C17H26N4S2. The largest absolute Gasteiger partial charge is 0.352 e. The van der Waals surface area contributed by atoms with E-state index in [9.17, 15) is 0 Å². The average Bonchev–Trinajstić information content (AvgIpc) is 3.15. The SMILES string of the molecule is CCc1ccc(CNC(=NC)NCc2csc(C(C)(C)C)n2)s1. The van der Waals surface area contributed by atoms with Crippen molar-refractivity contribution in [1.29, 1.82) is 0 Å². The highest BCUT2D eigenvalue weighted by molar-refractivity contribution is 7.12.